The summed E-state index contributed by atoms with van der Waals surface area (Å²) in [6.07, 6.45) is 0.981. The van der Waals surface area contributed by atoms with E-state index in [0.29, 0.717) is 5.78 Å². The van der Waals surface area contributed by atoms with Gasteiger partial charge in [-0.25, -0.2) is 0 Å². The van der Waals surface area contributed by atoms with Crippen molar-refractivity contribution in [3.8, 4) is 0 Å². The molecule has 2 nitrogen and oxygen atoms in total. The maximum atomic E-state index is 10.9. The van der Waals surface area contributed by atoms with Gasteiger partial charge in [0.25, 0.3) is 0 Å². The van der Waals surface area contributed by atoms with Crippen LogP contribution in [0.2, 0.25) is 0 Å². The summed E-state index contributed by atoms with van der Waals surface area (Å²) in [6.45, 7) is 5.53. The molecular weight excluding hydrogens is 114 g/mol. The first-order valence-electron chi connectivity index (χ1n) is 3.43. The van der Waals surface area contributed by atoms with Crippen LogP contribution in [0.25, 0.3) is 0 Å². The van der Waals surface area contributed by atoms with Gasteiger partial charge in [0.05, 0.1) is 5.41 Å². The molecule has 0 aromatic heterocycles. The van der Waals surface area contributed by atoms with Gasteiger partial charge in [-0.05, 0) is 13.3 Å². The van der Waals surface area contributed by atoms with Crippen molar-refractivity contribution < 1.29 is 4.79 Å². The maximum absolute atomic E-state index is 10.9. The van der Waals surface area contributed by atoms with E-state index in [0.717, 1.165) is 19.5 Å². The minimum atomic E-state index is 0.0139. The van der Waals surface area contributed by atoms with Gasteiger partial charge in [0, 0.05) is 13.1 Å². The number of carbonyl (C=O) groups is 1. The Morgan fingerprint density at radius 3 is 2.22 bits per heavy atom. The minimum Gasteiger partial charge on any atom is -0.315 e. The third kappa shape index (κ3) is 0.874. The van der Waals surface area contributed by atoms with E-state index in [2.05, 4.69) is 12.2 Å². The van der Waals surface area contributed by atoms with Gasteiger partial charge in [-0.15, -0.1) is 0 Å². The van der Waals surface area contributed by atoms with Gasteiger partial charge in [0.2, 0.25) is 0 Å². The molecule has 1 heterocycles. The number of nitrogens with one attached hydrogen (secondary N) is 1. The van der Waals surface area contributed by atoms with Gasteiger partial charge >= 0.3 is 0 Å². The summed E-state index contributed by atoms with van der Waals surface area (Å²) in [4.78, 5) is 10.9. The lowest BCUT2D eigenvalue weighted by Gasteiger charge is -2.39. The normalized spacial score (nSPS) is 22.9. The summed E-state index contributed by atoms with van der Waals surface area (Å²) >= 11 is 0. The molecule has 9 heavy (non-hydrogen) atoms. The van der Waals surface area contributed by atoms with Crippen molar-refractivity contribution in [1.82, 2.24) is 5.32 Å². The van der Waals surface area contributed by atoms with Crippen molar-refractivity contribution in [2.75, 3.05) is 13.1 Å². The molecule has 1 saturated heterocycles. The van der Waals surface area contributed by atoms with E-state index in [-0.39, 0.29) is 5.41 Å². The lowest BCUT2D eigenvalue weighted by Crippen LogP contribution is -2.57. The molecule has 52 valence electrons. The highest BCUT2D eigenvalue weighted by atomic mass is 16.1. The predicted octanol–water partition coefficient (Wildman–Crippen LogP) is 0.575. The molecule has 1 N–H and O–H groups in total. The van der Waals surface area contributed by atoms with Crippen LogP contribution in [0.4, 0.5) is 0 Å². The molecule has 0 aliphatic carbocycles. The fourth-order valence-electron chi connectivity index (χ4n) is 1.17. The zero-order valence-corrected chi connectivity index (χ0v) is 6.03. The van der Waals surface area contributed by atoms with E-state index < -0.39 is 0 Å². The lowest BCUT2D eigenvalue weighted by molar-refractivity contribution is -0.129. The Kier molecular flexibility index (Phi) is 1.58. The quantitative estimate of drug-likeness (QED) is 0.587. The van der Waals surface area contributed by atoms with Crippen LogP contribution >= 0.6 is 0 Å². The fourth-order valence-corrected chi connectivity index (χ4v) is 1.17. The topological polar surface area (TPSA) is 29.1 Å². The Hall–Kier alpha value is -0.370. The molecule has 0 aromatic rings. The van der Waals surface area contributed by atoms with E-state index >= 15 is 0 Å². The first kappa shape index (κ1) is 6.75. The number of ketones is 1. The van der Waals surface area contributed by atoms with Crippen LogP contribution in [0.5, 0.6) is 0 Å². The summed E-state index contributed by atoms with van der Waals surface area (Å²) in [5, 5.41) is 3.11. The molecule has 0 radical (unpaired) electrons. The molecule has 1 aliphatic heterocycles. The third-order valence-corrected chi connectivity index (χ3v) is 2.35. The molecular formula is C7H13NO. The molecule has 0 saturated carbocycles. The Balaban J connectivity index is 2.57. The van der Waals surface area contributed by atoms with Gasteiger partial charge in [-0.2, -0.15) is 0 Å². The van der Waals surface area contributed by atoms with Crippen LogP contribution in [0, 0.1) is 5.41 Å². The van der Waals surface area contributed by atoms with E-state index in [1.54, 1.807) is 6.92 Å². The number of carbonyl (C=O) groups excluding carboxylic acids is 1. The standard InChI is InChI=1S/C7H13NO/c1-3-7(6(2)9)4-8-5-7/h8H,3-5H2,1-2H3. The second kappa shape index (κ2) is 2.10. The van der Waals surface area contributed by atoms with Crippen molar-refractivity contribution in [2.24, 2.45) is 5.41 Å². The van der Waals surface area contributed by atoms with Gasteiger partial charge in [0.15, 0.2) is 0 Å². The van der Waals surface area contributed by atoms with Crippen molar-refractivity contribution in [1.29, 1.82) is 0 Å². The zero-order chi connectivity index (χ0) is 6.91. The Bertz CT molecular complexity index is 121. The van der Waals surface area contributed by atoms with Gasteiger partial charge in [0.1, 0.15) is 5.78 Å². The Morgan fingerprint density at radius 1 is 1.67 bits per heavy atom. The van der Waals surface area contributed by atoms with Gasteiger partial charge in [-0.1, -0.05) is 6.92 Å². The molecule has 1 aliphatic rings. The predicted molar refractivity (Wildman–Crippen MR) is 36.3 cm³/mol. The lowest BCUT2D eigenvalue weighted by atomic mass is 9.76. The highest BCUT2D eigenvalue weighted by Crippen LogP contribution is 2.27. The second-order valence-corrected chi connectivity index (χ2v) is 2.79. The second-order valence-electron chi connectivity index (χ2n) is 2.79. The van der Waals surface area contributed by atoms with Crippen LogP contribution in [0.15, 0.2) is 0 Å². The average Bonchev–Trinajstić information content (AvgIpc) is 1.62. The van der Waals surface area contributed by atoms with Crippen LogP contribution in [0.1, 0.15) is 20.3 Å². The van der Waals surface area contributed by atoms with E-state index in [1.807, 2.05) is 0 Å². The van der Waals surface area contributed by atoms with Crippen LogP contribution < -0.4 is 5.32 Å². The van der Waals surface area contributed by atoms with Gasteiger partial charge in [-0.3, -0.25) is 4.79 Å². The maximum Gasteiger partial charge on any atom is 0.138 e. The van der Waals surface area contributed by atoms with Crippen molar-refractivity contribution in [2.45, 2.75) is 20.3 Å². The zero-order valence-electron chi connectivity index (χ0n) is 6.03. The number of hydrogen-bond acceptors (Lipinski definition) is 2. The van der Waals surface area contributed by atoms with Crippen molar-refractivity contribution in [3.05, 3.63) is 0 Å². The molecule has 0 bridgehead atoms. The molecule has 0 amide bonds. The highest BCUT2D eigenvalue weighted by molar-refractivity contribution is 5.83. The van der Waals surface area contributed by atoms with E-state index in [9.17, 15) is 4.79 Å². The van der Waals surface area contributed by atoms with Gasteiger partial charge < -0.3 is 5.32 Å². The average molecular weight is 127 g/mol. The third-order valence-electron chi connectivity index (χ3n) is 2.35. The Morgan fingerprint density at radius 2 is 2.22 bits per heavy atom. The molecule has 1 rings (SSSR count). The van der Waals surface area contributed by atoms with Crippen LogP contribution in [0.3, 0.4) is 0 Å². The van der Waals surface area contributed by atoms with E-state index in [1.165, 1.54) is 0 Å². The van der Waals surface area contributed by atoms with Crippen LogP contribution in [-0.4, -0.2) is 18.9 Å². The van der Waals surface area contributed by atoms with E-state index in [4.69, 9.17) is 0 Å². The number of Topliss-reactive ketones (excluding diaryl/α,β-unsaturated/α-hetero) is 1. The van der Waals surface area contributed by atoms with Crippen molar-refractivity contribution in [3.63, 3.8) is 0 Å². The minimum absolute atomic E-state index is 0.0139. The van der Waals surface area contributed by atoms with Crippen molar-refractivity contribution >= 4 is 5.78 Å². The largest absolute Gasteiger partial charge is 0.315 e. The summed E-state index contributed by atoms with van der Waals surface area (Å²) in [5.74, 6) is 0.337. The molecule has 0 aromatic carbocycles. The number of rotatable bonds is 2. The highest BCUT2D eigenvalue weighted by Gasteiger charge is 2.39. The molecule has 0 spiro atoms. The summed E-state index contributed by atoms with van der Waals surface area (Å²) in [5.41, 5.74) is 0.0139. The molecule has 1 fully saturated rings. The first-order chi connectivity index (χ1) is 4.21. The smallest absolute Gasteiger partial charge is 0.138 e. The summed E-state index contributed by atoms with van der Waals surface area (Å²) in [7, 11) is 0. The SMILES string of the molecule is CCC1(C(C)=O)CNC1. The first-order valence-corrected chi connectivity index (χ1v) is 3.43. The summed E-state index contributed by atoms with van der Waals surface area (Å²) in [6, 6.07) is 0. The summed E-state index contributed by atoms with van der Waals surface area (Å²) < 4.78 is 0. The fraction of sp³-hybridized carbons (Fsp3) is 0.857. The van der Waals surface area contributed by atoms with Crippen LogP contribution in [-0.2, 0) is 4.79 Å². The molecule has 2 heteroatoms. The number of hydrogen-bond donors (Lipinski definition) is 1. The Labute approximate surface area is 55.6 Å². The monoisotopic (exact) mass is 127 g/mol. The molecule has 0 atom stereocenters. The molecule has 0 unspecified atom stereocenters.